The minimum Gasteiger partial charge on any atom is -0.353 e. The number of hydrogen-bond donors (Lipinski definition) is 0. The number of anilines is 1. The van der Waals surface area contributed by atoms with E-state index in [1.54, 1.807) is 10.9 Å². The minimum atomic E-state index is 0.253. The summed E-state index contributed by atoms with van der Waals surface area (Å²) >= 11 is 0. The molecule has 0 spiro atoms. The molecule has 1 aliphatic heterocycles. The van der Waals surface area contributed by atoms with Crippen LogP contribution in [0.5, 0.6) is 0 Å². The molecule has 2 aromatic rings. The van der Waals surface area contributed by atoms with Crippen LogP contribution in [0.2, 0.25) is 0 Å². The molecule has 0 N–H and O–H groups in total. The fourth-order valence-electron chi connectivity index (χ4n) is 3.98. The van der Waals surface area contributed by atoms with E-state index < -0.39 is 0 Å². The largest absolute Gasteiger partial charge is 0.353 e. The quantitative estimate of drug-likeness (QED) is 0.845. The van der Waals surface area contributed by atoms with E-state index in [2.05, 4.69) is 24.9 Å². The van der Waals surface area contributed by atoms with Crippen molar-refractivity contribution in [2.75, 3.05) is 31.1 Å². The molecule has 0 atom stereocenters. The molecule has 7 nitrogen and oxygen atoms in total. The van der Waals surface area contributed by atoms with Gasteiger partial charge in [-0.25, -0.2) is 14.6 Å². The summed E-state index contributed by atoms with van der Waals surface area (Å²) in [4.78, 5) is 26.1. The van der Waals surface area contributed by atoms with Gasteiger partial charge in [-0.05, 0) is 25.8 Å². The first-order valence-corrected chi connectivity index (χ1v) is 9.60. The van der Waals surface area contributed by atoms with Crippen molar-refractivity contribution in [3.63, 3.8) is 0 Å². The van der Waals surface area contributed by atoms with Crippen molar-refractivity contribution in [2.24, 2.45) is 5.92 Å². The van der Waals surface area contributed by atoms with E-state index >= 15 is 0 Å². The van der Waals surface area contributed by atoms with Gasteiger partial charge in [0.25, 0.3) is 0 Å². The number of carbonyl (C=O) groups is 1. The first-order chi connectivity index (χ1) is 12.7. The van der Waals surface area contributed by atoms with Crippen LogP contribution in [0.1, 0.15) is 37.9 Å². The summed E-state index contributed by atoms with van der Waals surface area (Å²) in [5.74, 6) is 3.03. The Morgan fingerprint density at radius 1 is 1.04 bits per heavy atom. The maximum Gasteiger partial charge on any atom is 0.225 e. The fraction of sp³-hybridized carbons (Fsp3) is 0.579. The molecular formula is C19H26N6O. The number of hydrogen-bond acceptors (Lipinski definition) is 5. The van der Waals surface area contributed by atoms with Gasteiger partial charge >= 0.3 is 0 Å². The second kappa shape index (κ2) is 7.43. The molecule has 7 heteroatoms. The van der Waals surface area contributed by atoms with Gasteiger partial charge in [0.15, 0.2) is 5.82 Å². The second-order valence-corrected chi connectivity index (χ2v) is 7.23. The first kappa shape index (κ1) is 17.0. The van der Waals surface area contributed by atoms with Crippen LogP contribution in [-0.4, -0.2) is 56.7 Å². The number of aromatic nitrogens is 4. The predicted molar refractivity (Wildman–Crippen MR) is 99.3 cm³/mol. The zero-order chi connectivity index (χ0) is 17.9. The van der Waals surface area contributed by atoms with Crippen molar-refractivity contribution >= 4 is 11.7 Å². The molecule has 1 amide bonds. The van der Waals surface area contributed by atoms with E-state index in [0.717, 1.165) is 56.5 Å². The van der Waals surface area contributed by atoms with Crippen LogP contribution in [0.4, 0.5) is 5.82 Å². The third-order valence-electron chi connectivity index (χ3n) is 5.42. The summed E-state index contributed by atoms with van der Waals surface area (Å²) < 4.78 is 1.75. The Labute approximate surface area is 154 Å². The fourth-order valence-corrected chi connectivity index (χ4v) is 3.98. The lowest BCUT2D eigenvalue weighted by Crippen LogP contribution is -2.50. The molecule has 2 aromatic heterocycles. The highest BCUT2D eigenvalue weighted by molar-refractivity contribution is 5.79. The summed E-state index contributed by atoms with van der Waals surface area (Å²) in [5, 5.41) is 4.26. The minimum absolute atomic E-state index is 0.253. The standard InChI is InChI=1S/C19H26N6O/c1-15-21-17(14-18(22-15)25-9-5-8-20-25)23-10-12-24(13-11-23)19(26)16-6-3-2-4-7-16/h5,8-9,14,16H,2-4,6-7,10-13H2,1H3. The summed E-state index contributed by atoms with van der Waals surface area (Å²) in [6.45, 7) is 5.07. The smallest absolute Gasteiger partial charge is 0.225 e. The van der Waals surface area contributed by atoms with Gasteiger partial charge in [-0.2, -0.15) is 5.10 Å². The van der Waals surface area contributed by atoms with Crippen LogP contribution in [0.15, 0.2) is 24.5 Å². The summed E-state index contributed by atoms with van der Waals surface area (Å²) in [7, 11) is 0. The van der Waals surface area contributed by atoms with Gasteiger partial charge in [-0.3, -0.25) is 4.79 Å². The van der Waals surface area contributed by atoms with Crippen molar-refractivity contribution in [2.45, 2.75) is 39.0 Å². The van der Waals surface area contributed by atoms with Crippen molar-refractivity contribution in [3.8, 4) is 5.82 Å². The molecule has 26 heavy (non-hydrogen) atoms. The molecule has 1 saturated carbocycles. The van der Waals surface area contributed by atoms with Gasteiger partial charge in [0.05, 0.1) is 0 Å². The molecule has 1 aliphatic carbocycles. The molecule has 3 heterocycles. The Hall–Kier alpha value is -2.44. The number of amides is 1. The molecule has 4 rings (SSSR count). The van der Waals surface area contributed by atoms with Crippen LogP contribution in [0.25, 0.3) is 5.82 Å². The average Bonchev–Trinajstić information content (AvgIpc) is 3.23. The van der Waals surface area contributed by atoms with E-state index in [1.807, 2.05) is 25.3 Å². The number of rotatable bonds is 3. The SMILES string of the molecule is Cc1nc(N2CCN(C(=O)C3CCCCC3)CC2)cc(-n2cccn2)n1. The van der Waals surface area contributed by atoms with E-state index in [4.69, 9.17) is 0 Å². The molecular weight excluding hydrogens is 328 g/mol. The Bertz CT molecular complexity index is 745. The Morgan fingerprint density at radius 3 is 2.46 bits per heavy atom. The van der Waals surface area contributed by atoms with E-state index in [1.165, 1.54) is 19.3 Å². The molecule has 0 bridgehead atoms. The predicted octanol–water partition coefficient (Wildman–Crippen LogP) is 2.20. The number of piperazine rings is 1. The number of carbonyl (C=O) groups excluding carboxylic acids is 1. The Morgan fingerprint density at radius 2 is 1.77 bits per heavy atom. The maximum absolute atomic E-state index is 12.7. The molecule has 2 aliphatic rings. The number of nitrogens with zero attached hydrogens (tertiary/aromatic N) is 6. The second-order valence-electron chi connectivity index (χ2n) is 7.23. The highest BCUT2D eigenvalue weighted by Gasteiger charge is 2.28. The normalized spacial score (nSPS) is 19.0. The van der Waals surface area contributed by atoms with Gasteiger partial charge in [0.1, 0.15) is 11.6 Å². The Kier molecular flexibility index (Phi) is 4.86. The van der Waals surface area contributed by atoms with Gasteiger partial charge in [0, 0.05) is 50.6 Å². The lowest BCUT2D eigenvalue weighted by molar-refractivity contribution is -0.136. The molecule has 1 saturated heterocycles. The third kappa shape index (κ3) is 3.57. The zero-order valence-corrected chi connectivity index (χ0v) is 15.3. The van der Waals surface area contributed by atoms with Crippen LogP contribution in [0, 0.1) is 12.8 Å². The van der Waals surface area contributed by atoms with Gasteiger partial charge in [-0.15, -0.1) is 0 Å². The van der Waals surface area contributed by atoms with Gasteiger partial charge < -0.3 is 9.80 Å². The van der Waals surface area contributed by atoms with Crippen LogP contribution >= 0.6 is 0 Å². The molecule has 138 valence electrons. The van der Waals surface area contributed by atoms with Crippen molar-refractivity contribution in [1.82, 2.24) is 24.6 Å². The van der Waals surface area contributed by atoms with Crippen molar-refractivity contribution in [3.05, 3.63) is 30.4 Å². The van der Waals surface area contributed by atoms with Crippen molar-refractivity contribution < 1.29 is 4.79 Å². The lowest BCUT2D eigenvalue weighted by atomic mass is 9.88. The third-order valence-corrected chi connectivity index (χ3v) is 5.42. The topological polar surface area (TPSA) is 67.2 Å². The highest BCUT2D eigenvalue weighted by atomic mass is 16.2. The van der Waals surface area contributed by atoms with E-state index in [-0.39, 0.29) is 5.92 Å². The number of aryl methyl sites for hydroxylation is 1. The van der Waals surface area contributed by atoms with Gasteiger partial charge in [-0.1, -0.05) is 19.3 Å². The van der Waals surface area contributed by atoms with Crippen LogP contribution in [0.3, 0.4) is 0 Å². The van der Waals surface area contributed by atoms with Crippen LogP contribution < -0.4 is 4.90 Å². The highest BCUT2D eigenvalue weighted by Crippen LogP contribution is 2.26. The van der Waals surface area contributed by atoms with Gasteiger partial charge in [0.2, 0.25) is 5.91 Å². The monoisotopic (exact) mass is 354 g/mol. The van der Waals surface area contributed by atoms with Crippen molar-refractivity contribution in [1.29, 1.82) is 0 Å². The maximum atomic E-state index is 12.7. The molecule has 0 unspecified atom stereocenters. The molecule has 2 fully saturated rings. The van der Waals surface area contributed by atoms with E-state index in [9.17, 15) is 4.79 Å². The first-order valence-electron chi connectivity index (χ1n) is 9.60. The average molecular weight is 354 g/mol. The summed E-state index contributed by atoms with van der Waals surface area (Å²) in [6.07, 6.45) is 9.44. The van der Waals surface area contributed by atoms with E-state index in [0.29, 0.717) is 5.91 Å². The zero-order valence-electron chi connectivity index (χ0n) is 15.3. The summed E-state index contributed by atoms with van der Waals surface area (Å²) in [5.41, 5.74) is 0. The lowest BCUT2D eigenvalue weighted by Gasteiger charge is -2.37. The molecule has 0 radical (unpaired) electrons. The summed E-state index contributed by atoms with van der Waals surface area (Å²) in [6, 6.07) is 3.85. The Balaban J connectivity index is 1.42. The van der Waals surface area contributed by atoms with Crippen LogP contribution in [-0.2, 0) is 4.79 Å². The molecule has 0 aromatic carbocycles.